The molecule has 93 heavy (non-hydrogen) atoms. The van der Waals surface area contributed by atoms with Crippen molar-refractivity contribution in [2.45, 2.75) is 49.4 Å². The minimum Gasteiger partial charge on any atom is -0.456 e. The Hall–Kier alpha value is -11.3. The average Bonchev–Trinajstić information content (AvgIpc) is 1.52. The van der Waals surface area contributed by atoms with Crippen LogP contribution < -0.4 is 4.90 Å². The van der Waals surface area contributed by atoms with E-state index in [2.05, 4.69) is 330 Å². The molecule has 0 atom stereocenters. The van der Waals surface area contributed by atoms with Crippen LogP contribution in [0.1, 0.15) is 94.5 Å². The monoisotopic (exact) mass is 1190 g/mol. The third-order valence-electron chi connectivity index (χ3n) is 22.1. The van der Waals surface area contributed by atoms with Gasteiger partial charge in [-0.25, -0.2) is 0 Å². The van der Waals surface area contributed by atoms with Gasteiger partial charge in [-0.15, -0.1) is 0 Å². The first kappa shape index (κ1) is 52.5. The number of nitrogens with zero attached hydrogens (tertiary/aromatic N) is 1. The SMILES string of the molecule is CC1(C)c2cc(N(c3ccc4c(c3)C(c3ccccc3)(c3ccccc3)c3cc5c(cc3-4)C(c3ccccc3)(c3ccccc3)c3ccc4oc6ccccc6c4c3-5)c3cccc4ccccc34)ccc2-c2c1c1c(c3c2oc2ccccc23)-c2ccccc2C1(C)C. The number of hydrogen-bond donors (Lipinski definition) is 0. The van der Waals surface area contributed by atoms with Crippen LogP contribution in [-0.4, -0.2) is 0 Å². The van der Waals surface area contributed by atoms with E-state index >= 15 is 0 Å². The van der Waals surface area contributed by atoms with E-state index in [-0.39, 0.29) is 5.41 Å². The van der Waals surface area contributed by atoms with Crippen molar-refractivity contribution >= 4 is 71.7 Å². The molecule has 0 saturated carbocycles. The van der Waals surface area contributed by atoms with Gasteiger partial charge in [0.15, 0.2) is 0 Å². The standard InChI is InChI=1S/C90H61NO2/c1-87(2)69-40-22-19-37-63(69)81-82-66-39-21-24-43-77(66)93-86(82)83-64-47-45-59(50-71(64)88(3,4)85(83)84(81)87)91(75-41-25-27-54-26-17-18-36-61(54)75)60-44-46-62-67-52-74-68(53-73(67)90(72(62)51-60,57-32-13-7-14-33-57)58-34-15-8-16-35-58)79-70(48-49-78-80(79)65-38-20-23-42-76(65)92-78)89(74,55-28-9-5-10-29-55)56-30-11-6-12-31-56/h5-53H,1-4H3. The Morgan fingerprint density at radius 2 is 0.753 bits per heavy atom. The van der Waals surface area contributed by atoms with Crippen molar-refractivity contribution in [3.8, 4) is 44.5 Å². The summed E-state index contributed by atoms with van der Waals surface area (Å²) in [5, 5.41) is 7.00. The van der Waals surface area contributed by atoms with E-state index in [1.807, 2.05) is 0 Å². The van der Waals surface area contributed by atoms with Gasteiger partial charge in [0.1, 0.15) is 22.3 Å². The molecule has 0 saturated heterocycles. The molecule has 0 fully saturated rings. The molecule has 0 aliphatic heterocycles. The van der Waals surface area contributed by atoms with Crippen molar-refractivity contribution in [3.63, 3.8) is 0 Å². The number of para-hydroxylation sites is 2. The molecule has 0 unspecified atom stereocenters. The van der Waals surface area contributed by atoms with E-state index in [0.717, 1.165) is 55.6 Å². The minimum absolute atomic E-state index is 0.264. The molecule has 4 aliphatic carbocycles. The van der Waals surface area contributed by atoms with Crippen LogP contribution in [0.3, 0.4) is 0 Å². The maximum absolute atomic E-state index is 7.20. The lowest BCUT2D eigenvalue weighted by molar-refractivity contribution is 0.600. The Bertz CT molecular complexity index is 5780. The third-order valence-corrected chi connectivity index (χ3v) is 22.1. The molecule has 3 nitrogen and oxygen atoms in total. The molecule has 0 radical (unpaired) electrons. The molecule has 4 aliphatic rings. The van der Waals surface area contributed by atoms with Gasteiger partial charge >= 0.3 is 0 Å². The van der Waals surface area contributed by atoms with Crippen molar-refractivity contribution in [2.75, 3.05) is 4.90 Å². The van der Waals surface area contributed by atoms with Crippen molar-refractivity contribution in [2.24, 2.45) is 0 Å². The van der Waals surface area contributed by atoms with Gasteiger partial charge in [-0.2, -0.15) is 0 Å². The van der Waals surface area contributed by atoms with Gasteiger partial charge in [-0.1, -0.05) is 264 Å². The van der Waals surface area contributed by atoms with E-state index in [4.69, 9.17) is 8.83 Å². The number of fused-ring (bicyclic) bond motifs is 23. The molecule has 16 aromatic rings. The number of anilines is 3. The average molecular weight is 1190 g/mol. The zero-order chi connectivity index (χ0) is 61.7. The molecule has 438 valence electrons. The fourth-order valence-electron chi connectivity index (χ4n) is 18.4. The van der Waals surface area contributed by atoms with Gasteiger partial charge in [-0.05, 0) is 172 Å². The van der Waals surface area contributed by atoms with Crippen LogP contribution in [0, 0.1) is 0 Å². The summed E-state index contributed by atoms with van der Waals surface area (Å²) in [6, 6.07) is 112. The van der Waals surface area contributed by atoms with Gasteiger partial charge in [0.25, 0.3) is 0 Å². The maximum Gasteiger partial charge on any atom is 0.144 e. The first-order valence-corrected chi connectivity index (χ1v) is 32.7. The summed E-state index contributed by atoms with van der Waals surface area (Å²) >= 11 is 0. The van der Waals surface area contributed by atoms with Crippen molar-refractivity contribution in [1.82, 2.24) is 0 Å². The lowest BCUT2D eigenvalue weighted by Gasteiger charge is -2.36. The Kier molecular flexibility index (Phi) is 10.6. The summed E-state index contributed by atoms with van der Waals surface area (Å²) in [6.07, 6.45) is 0. The number of benzene rings is 14. The highest BCUT2D eigenvalue weighted by molar-refractivity contribution is 6.21. The topological polar surface area (TPSA) is 29.5 Å². The summed E-state index contributed by atoms with van der Waals surface area (Å²) in [4.78, 5) is 2.56. The summed E-state index contributed by atoms with van der Waals surface area (Å²) in [5.41, 5.74) is 30.0. The van der Waals surface area contributed by atoms with Crippen LogP contribution >= 0.6 is 0 Å². The highest BCUT2D eigenvalue weighted by Gasteiger charge is 2.53. The van der Waals surface area contributed by atoms with Gasteiger partial charge < -0.3 is 13.7 Å². The number of rotatable bonds is 7. The Morgan fingerprint density at radius 3 is 1.42 bits per heavy atom. The van der Waals surface area contributed by atoms with E-state index in [9.17, 15) is 0 Å². The Balaban J connectivity index is 0.871. The van der Waals surface area contributed by atoms with E-state index in [0.29, 0.717) is 0 Å². The van der Waals surface area contributed by atoms with E-state index < -0.39 is 16.2 Å². The molecule has 14 aromatic carbocycles. The lowest BCUT2D eigenvalue weighted by Crippen LogP contribution is -2.30. The van der Waals surface area contributed by atoms with Crippen LogP contribution in [0.4, 0.5) is 17.1 Å². The second-order valence-electron chi connectivity index (χ2n) is 27.3. The zero-order valence-electron chi connectivity index (χ0n) is 52.1. The summed E-state index contributed by atoms with van der Waals surface area (Å²) < 4.78 is 14.0. The molecule has 2 aromatic heterocycles. The molecular formula is C90H61NO2. The maximum atomic E-state index is 7.20. The Morgan fingerprint density at radius 1 is 0.280 bits per heavy atom. The summed E-state index contributed by atoms with van der Waals surface area (Å²) in [5.74, 6) is 0. The normalized spacial score (nSPS) is 15.2. The molecule has 0 amide bonds. The van der Waals surface area contributed by atoms with Crippen LogP contribution in [0.5, 0.6) is 0 Å². The fraction of sp³-hybridized carbons (Fsp3) is 0.0889. The van der Waals surface area contributed by atoms with E-state index in [1.165, 1.54) is 127 Å². The van der Waals surface area contributed by atoms with Crippen molar-refractivity contribution in [3.05, 3.63) is 364 Å². The molecule has 0 N–H and O–H groups in total. The third kappa shape index (κ3) is 6.68. The molecule has 2 heterocycles. The highest BCUT2D eigenvalue weighted by atomic mass is 16.3. The Labute approximate surface area is 540 Å². The quantitative estimate of drug-likeness (QED) is 0.159. The molecule has 0 bridgehead atoms. The summed E-state index contributed by atoms with van der Waals surface area (Å²) in [7, 11) is 0. The van der Waals surface area contributed by atoms with Crippen LogP contribution in [-0.2, 0) is 21.7 Å². The van der Waals surface area contributed by atoms with Gasteiger partial charge in [0, 0.05) is 54.7 Å². The van der Waals surface area contributed by atoms with Gasteiger partial charge in [0.2, 0.25) is 0 Å². The second kappa shape index (κ2) is 18.7. The molecule has 3 heteroatoms. The second-order valence-corrected chi connectivity index (χ2v) is 27.3. The first-order valence-electron chi connectivity index (χ1n) is 32.7. The van der Waals surface area contributed by atoms with Gasteiger partial charge in [0.05, 0.1) is 16.5 Å². The summed E-state index contributed by atoms with van der Waals surface area (Å²) in [6.45, 7) is 9.78. The lowest BCUT2D eigenvalue weighted by atomic mass is 9.66. The molecular weight excluding hydrogens is 1130 g/mol. The molecule has 0 spiro atoms. The predicted molar refractivity (Wildman–Crippen MR) is 383 cm³/mol. The highest BCUT2D eigenvalue weighted by Crippen LogP contribution is 2.67. The minimum atomic E-state index is -0.774. The molecule has 20 rings (SSSR count). The van der Waals surface area contributed by atoms with Crippen LogP contribution in [0.15, 0.2) is 306 Å². The predicted octanol–water partition coefficient (Wildman–Crippen LogP) is 23.4. The van der Waals surface area contributed by atoms with Crippen molar-refractivity contribution in [1.29, 1.82) is 0 Å². The number of furan rings is 2. The van der Waals surface area contributed by atoms with E-state index in [1.54, 1.807) is 0 Å². The van der Waals surface area contributed by atoms with Crippen LogP contribution in [0.2, 0.25) is 0 Å². The first-order chi connectivity index (χ1) is 45.7. The van der Waals surface area contributed by atoms with Crippen molar-refractivity contribution < 1.29 is 8.83 Å². The largest absolute Gasteiger partial charge is 0.456 e. The van der Waals surface area contributed by atoms with Gasteiger partial charge in [-0.3, -0.25) is 0 Å². The van der Waals surface area contributed by atoms with Crippen LogP contribution in [0.25, 0.3) is 99.2 Å². The number of hydrogen-bond acceptors (Lipinski definition) is 3. The smallest absolute Gasteiger partial charge is 0.144 e. The fourth-order valence-corrected chi connectivity index (χ4v) is 18.4. The zero-order valence-corrected chi connectivity index (χ0v) is 52.1.